The van der Waals surface area contributed by atoms with Crippen molar-refractivity contribution in [3.05, 3.63) is 35.5 Å². The first-order valence-corrected chi connectivity index (χ1v) is 9.71. The molecule has 0 fully saturated rings. The number of carbonyl (C=O) groups is 1. The van der Waals surface area contributed by atoms with E-state index in [1.165, 1.54) is 12.5 Å². The molecule has 0 aromatic rings. The molecule has 1 N–H and O–H groups in total. The fourth-order valence-electron chi connectivity index (χ4n) is 3.89. The van der Waals surface area contributed by atoms with Crippen molar-refractivity contribution in [3.63, 3.8) is 0 Å². The van der Waals surface area contributed by atoms with Crippen LogP contribution >= 0.6 is 0 Å². The van der Waals surface area contributed by atoms with E-state index in [-0.39, 0.29) is 24.6 Å². The van der Waals surface area contributed by atoms with E-state index in [0.717, 1.165) is 36.8 Å². The lowest BCUT2D eigenvalue weighted by atomic mass is 9.82. The van der Waals surface area contributed by atoms with Gasteiger partial charge < -0.3 is 14.6 Å². The molecule has 0 saturated carbocycles. The Hall–Kier alpha value is -1.39. The molecule has 0 unspecified atom stereocenters. The van der Waals surface area contributed by atoms with Gasteiger partial charge in [0.15, 0.2) is 0 Å². The van der Waals surface area contributed by atoms with Crippen LogP contribution in [0.15, 0.2) is 35.5 Å². The second-order valence-corrected chi connectivity index (χ2v) is 8.14. The maximum Gasteiger partial charge on any atom is 0.302 e. The minimum absolute atomic E-state index is 0.163. The predicted octanol–water partition coefficient (Wildman–Crippen LogP) is 4.49. The van der Waals surface area contributed by atoms with Crippen molar-refractivity contribution in [1.29, 1.82) is 0 Å². The SMILES string of the molecule is C=C(C)[C@H]1CC/C(C)=C/CC[C@]2(C)O[C@H]1C=C(COC(C)=O)CC[C@H]2O. The first-order chi connectivity index (χ1) is 12.2. The van der Waals surface area contributed by atoms with Crippen LogP contribution in [0.4, 0.5) is 0 Å². The molecule has 0 amide bonds. The number of aliphatic hydroxyl groups excluding tert-OH is 1. The normalized spacial score (nSPS) is 35.2. The highest BCUT2D eigenvalue weighted by Crippen LogP contribution is 2.37. The van der Waals surface area contributed by atoms with Crippen LogP contribution in [0.2, 0.25) is 0 Å². The van der Waals surface area contributed by atoms with Gasteiger partial charge in [-0.25, -0.2) is 0 Å². The molecule has 0 spiro atoms. The Bertz CT molecular complexity index is 589. The molecule has 0 aliphatic carbocycles. The Morgan fingerprint density at radius 3 is 2.77 bits per heavy atom. The van der Waals surface area contributed by atoms with Gasteiger partial charge in [0.2, 0.25) is 0 Å². The number of allylic oxidation sites excluding steroid dienone is 2. The zero-order valence-electron chi connectivity index (χ0n) is 16.7. The van der Waals surface area contributed by atoms with Gasteiger partial charge in [0.1, 0.15) is 6.61 Å². The Kier molecular flexibility index (Phi) is 7.24. The standard InChI is InChI=1S/C22H34O4/c1-15(2)19-10-8-16(3)7-6-12-22(5)21(24)11-9-18(13-20(19)26-22)14-25-17(4)23/h7,13,19-21,24H,1,6,8-12,14H2,2-5H3/b16-7+,18-13?/t19-,20+,21-,22+/m1/s1. The van der Waals surface area contributed by atoms with Gasteiger partial charge in [-0.15, -0.1) is 0 Å². The Morgan fingerprint density at radius 2 is 2.12 bits per heavy atom. The molecular formula is C22H34O4. The average molecular weight is 363 g/mol. The highest BCUT2D eigenvalue weighted by Gasteiger charge is 2.39. The van der Waals surface area contributed by atoms with Crippen LogP contribution in [-0.2, 0) is 14.3 Å². The van der Waals surface area contributed by atoms with Gasteiger partial charge >= 0.3 is 5.97 Å². The Morgan fingerprint density at radius 1 is 1.38 bits per heavy atom. The summed E-state index contributed by atoms with van der Waals surface area (Å²) in [6, 6.07) is 0. The molecule has 26 heavy (non-hydrogen) atoms. The number of ether oxygens (including phenoxy) is 2. The number of rotatable bonds is 3. The third kappa shape index (κ3) is 5.55. The molecule has 0 aromatic heterocycles. The van der Waals surface area contributed by atoms with Gasteiger partial charge in [-0.1, -0.05) is 29.9 Å². The van der Waals surface area contributed by atoms with Gasteiger partial charge in [-0.2, -0.15) is 0 Å². The monoisotopic (exact) mass is 362 g/mol. The number of hydrogen-bond donors (Lipinski definition) is 1. The fourth-order valence-corrected chi connectivity index (χ4v) is 3.89. The number of esters is 1. The van der Waals surface area contributed by atoms with Crippen LogP contribution < -0.4 is 0 Å². The molecule has 4 heteroatoms. The number of carbonyl (C=O) groups excluding carboxylic acids is 1. The van der Waals surface area contributed by atoms with Crippen molar-refractivity contribution in [2.75, 3.05) is 6.61 Å². The molecule has 4 atom stereocenters. The van der Waals surface area contributed by atoms with Crippen LogP contribution in [0.3, 0.4) is 0 Å². The van der Waals surface area contributed by atoms with Crippen LogP contribution in [0.25, 0.3) is 0 Å². The summed E-state index contributed by atoms with van der Waals surface area (Å²) in [5.41, 5.74) is 2.90. The van der Waals surface area contributed by atoms with Crippen molar-refractivity contribution in [2.24, 2.45) is 5.92 Å². The van der Waals surface area contributed by atoms with Crippen LogP contribution in [0.1, 0.15) is 66.2 Å². The maximum absolute atomic E-state index is 11.2. The lowest BCUT2D eigenvalue weighted by Gasteiger charge is -2.42. The van der Waals surface area contributed by atoms with Crippen molar-refractivity contribution >= 4 is 5.97 Å². The van der Waals surface area contributed by atoms with Gasteiger partial charge in [0, 0.05) is 12.8 Å². The van der Waals surface area contributed by atoms with Crippen LogP contribution in [-0.4, -0.2) is 35.5 Å². The Labute approximate surface area is 158 Å². The second kappa shape index (κ2) is 9.01. The lowest BCUT2D eigenvalue weighted by molar-refractivity contribution is -0.152. The number of aliphatic hydroxyl groups is 1. The summed E-state index contributed by atoms with van der Waals surface area (Å²) in [6.45, 7) is 12.1. The Balaban J connectivity index is 2.39. The van der Waals surface area contributed by atoms with Crippen LogP contribution in [0, 0.1) is 5.92 Å². The second-order valence-electron chi connectivity index (χ2n) is 8.14. The molecule has 0 aromatic carbocycles. The highest BCUT2D eigenvalue weighted by molar-refractivity contribution is 5.66. The highest BCUT2D eigenvalue weighted by atomic mass is 16.5. The summed E-state index contributed by atoms with van der Waals surface area (Å²) < 4.78 is 11.8. The van der Waals surface area contributed by atoms with E-state index in [0.29, 0.717) is 12.8 Å². The van der Waals surface area contributed by atoms with Crippen molar-refractivity contribution in [1.82, 2.24) is 0 Å². The molecule has 4 nitrogen and oxygen atoms in total. The zero-order valence-corrected chi connectivity index (χ0v) is 16.7. The first-order valence-electron chi connectivity index (χ1n) is 9.71. The fraction of sp³-hybridized carbons (Fsp3) is 0.682. The summed E-state index contributed by atoms with van der Waals surface area (Å²) in [5, 5.41) is 10.8. The number of hydrogen-bond acceptors (Lipinski definition) is 4. The van der Waals surface area contributed by atoms with E-state index in [1.54, 1.807) is 0 Å². The molecule has 2 aliphatic heterocycles. The molecule has 2 bridgehead atoms. The summed E-state index contributed by atoms with van der Waals surface area (Å²) in [6.07, 6.45) is 8.68. The molecule has 2 heterocycles. The maximum atomic E-state index is 11.2. The van der Waals surface area contributed by atoms with E-state index < -0.39 is 11.7 Å². The third-order valence-electron chi connectivity index (χ3n) is 5.72. The summed E-state index contributed by atoms with van der Waals surface area (Å²) in [4.78, 5) is 11.2. The lowest BCUT2D eigenvalue weighted by Crippen LogP contribution is -2.47. The minimum Gasteiger partial charge on any atom is -0.461 e. The molecule has 146 valence electrons. The summed E-state index contributed by atoms with van der Waals surface area (Å²) in [7, 11) is 0. The molecular weight excluding hydrogens is 328 g/mol. The van der Waals surface area contributed by atoms with Crippen LogP contribution in [0.5, 0.6) is 0 Å². The smallest absolute Gasteiger partial charge is 0.302 e. The van der Waals surface area contributed by atoms with Crippen molar-refractivity contribution in [3.8, 4) is 0 Å². The van der Waals surface area contributed by atoms with E-state index in [2.05, 4.69) is 25.7 Å². The van der Waals surface area contributed by atoms with E-state index in [1.807, 2.05) is 13.8 Å². The zero-order chi connectivity index (χ0) is 19.3. The van der Waals surface area contributed by atoms with Gasteiger partial charge in [-0.05, 0) is 64.9 Å². The average Bonchev–Trinajstić information content (AvgIpc) is 2.54. The topological polar surface area (TPSA) is 55.8 Å². The molecule has 2 aliphatic rings. The quantitative estimate of drug-likeness (QED) is 0.594. The summed E-state index contributed by atoms with van der Waals surface area (Å²) >= 11 is 0. The predicted molar refractivity (Wildman–Crippen MR) is 104 cm³/mol. The van der Waals surface area contributed by atoms with Gasteiger partial charge in [0.05, 0.1) is 17.8 Å². The van der Waals surface area contributed by atoms with Gasteiger partial charge in [-0.3, -0.25) is 4.79 Å². The third-order valence-corrected chi connectivity index (χ3v) is 5.72. The van der Waals surface area contributed by atoms with Gasteiger partial charge in [0.25, 0.3) is 0 Å². The largest absolute Gasteiger partial charge is 0.461 e. The molecule has 0 radical (unpaired) electrons. The minimum atomic E-state index is -0.587. The molecule has 0 saturated heterocycles. The van der Waals surface area contributed by atoms with E-state index >= 15 is 0 Å². The van der Waals surface area contributed by atoms with E-state index in [4.69, 9.17) is 9.47 Å². The first kappa shape index (κ1) is 20.9. The number of fused-ring (bicyclic) bond motifs is 2. The summed E-state index contributed by atoms with van der Waals surface area (Å²) in [5.74, 6) is -0.115. The van der Waals surface area contributed by atoms with Crippen molar-refractivity contribution < 1.29 is 19.4 Å². The van der Waals surface area contributed by atoms with E-state index in [9.17, 15) is 9.90 Å². The van der Waals surface area contributed by atoms with Crippen molar-refractivity contribution in [2.45, 2.75) is 84.0 Å². The molecule has 2 rings (SSSR count).